The van der Waals surface area contributed by atoms with E-state index in [9.17, 15) is 9.90 Å². The van der Waals surface area contributed by atoms with Gasteiger partial charge in [-0.1, -0.05) is 80.1 Å². The first kappa shape index (κ1) is 24.3. The zero-order valence-electron chi connectivity index (χ0n) is 19.4. The first-order valence-corrected chi connectivity index (χ1v) is 11.5. The molecule has 3 aromatic carbocycles. The molecule has 0 amide bonds. The summed E-state index contributed by atoms with van der Waals surface area (Å²) in [4.78, 5) is 11.4. The third-order valence-electron chi connectivity index (χ3n) is 5.52. The Bertz CT molecular complexity index is 1020. The average molecular weight is 445 g/mol. The van der Waals surface area contributed by atoms with Gasteiger partial charge in [0.25, 0.3) is 0 Å². The zero-order valence-corrected chi connectivity index (χ0v) is 19.4. The summed E-state index contributed by atoms with van der Waals surface area (Å²) in [5.74, 6) is -0.176. The van der Waals surface area contributed by atoms with Crippen molar-refractivity contribution in [1.29, 1.82) is 0 Å². The highest BCUT2D eigenvalue weighted by atomic mass is 16.5. The Balaban J connectivity index is 1.51. The summed E-state index contributed by atoms with van der Waals surface area (Å²) in [6.45, 7) is 5.06. The highest BCUT2D eigenvalue weighted by Crippen LogP contribution is 2.22. The molecule has 0 bridgehead atoms. The molecule has 0 aliphatic carbocycles. The maximum absolute atomic E-state index is 11.4. The largest absolute Gasteiger partial charge is 0.490 e. The van der Waals surface area contributed by atoms with Gasteiger partial charge in [0.15, 0.2) is 6.10 Å². The summed E-state index contributed by atoms with van der Waals surface area (Å²) in [6.07, 6.45) is 3.43. The van der Waals surface area contributed by atoms with E-state index in [2.05, 4.69) is 56.3 Å². The standard InChI is InChI=1S/C29H32O4/c1-3-4-19-33-28(29(30)31)21-23-10-16-27(17-11-23)32-20-18-22(2)24-12-14-26(15-13-24)25-8-6-5-7-9-25/h5-18,28H,3-4,19-21H2,1-2H3,(H,30,31)/t28-/m0/s1. The van der Waals surface area contributed by atoms with E-state index >= 15 is 0 Å². The van der Waals surface area contributed by atoms with Crippen molar-refractivity contribution >= 4 is 11.5 Å². The number of ether oxygens (including phenoxy) is 2. The molecule has 0 radical (unpaired) electrons. The fraction of sp³-hybridized carbons (Fsp3) is 0.276. The Hall–Kier alpha value is -3.37. The summed E-state index contributed by atoms with van der Waals surface area (Å²) >= 11 is 0. The second-order valence-corrected chi connectivity index (χ2v) is 8.04. The molecule has 0 aliphatic heterocycles. The van der Waals surface area contributed by atoms with Crippen LogP contribution in [0.4, 0.5) is 0 Å². The molecule has 0 fully saturated rings. The van der Waals surface area contributed by atoms with Gasteiger partial charge in [-0.05, 0) is 59.4 Å². The van der Waals surface area contributed by atoms with Gasteiger partial charge in [-0.15, -0.1) is 0 Å². The van der Waals surface area contributed by atoms with Crippen LogP contribution in [0.25, 0.3) is 16.7 Å². The lowest BCUT2D eigenvalue weighted by molar-refractivity contribution is -0.150. The number of carboxylic acids is 1. The van der Waals surface area contributed by atoms with E-state index in [1.54, 1.807) is 0 Å². The minimum absolute atomic E-state index is 0.345. The molecule has 4 heteroatoms. The van der Waals surface area contributed by atoms with Gasteiger partial charge in [-0.2, -0.15) is 0 Å². The van der Waals surface area contributed by atoms with Crippen molar-refractivity contribution < 1.29 is 19.4 Å². The highest BCUT2D eigenvalue weighted by molar-refractivity contribution is 5.72. The average Bonchev–Trinajstić information content (AvgIpc) is 2.85. The van der Waals surface area contributed by atoms with Gasteiger partial charge < -0.3 is 14.6 Å². The van der Waals surface area contributed by atoms with Gasteiger partial charge in [0.05, 0.1) is 0 Å². The smallest absolute Gasteiger partial charge is 0.333 e. The number of allylic oxidation sites excluding steroid dienone is 1. The van der Waals surface area contributed by atoms with Crippen LogP contribution < -0.4 is 4.74 Å². The molecule has 3 rings (SSSR count). The fourth-order valence-electron chi connectivity index (χ4n) is 3.46. The summed E-state index contributed by atoms with van der Waals surface area (Å²) in [7, 11) is 0. The number of benzene rings is 3. The predicted molar refractivity (Wildman–Crippen MR) is 133 cm³/mol. The van der Waals surface area contributed by atoms with Crippen molar-refractivity contribution in [2.75, 3.05) is 13.2 Å². The SMILES string of the molecule is CCCCO[C@@H](Cc1ccc(OCC=C(C)c2ccc(-c3ccccc3)cc2)cc1)C(=O)O. The van der Waals surface area contributed by atoms with Crippen molar-refractivity contribution in [1.82, 2.24) is 0 Å². The molecule has 4 nitrogen and oxygen atoms in total. The Morgan fingerprint density at radius 3 is 2.24 bits per heavy atom. The van der Waals surface area contributed by atoms with E-state index < -0.39 is 12.1 Å². The van der Waals surface area contributed by atoms with Gasteiger partial charge in [0, 0.05) is 13.0 Å². The van der Waals surface area contributed by atoms with Crippen LogP contribution in [0.3, 0.4) is 0 Å². The second kappa shape index (κ2) is 12.6. The van der Waals surface area contributed by atoms with Gasteiger partial charge in [0.2, 0.25) is 0 Å². The van der Waals surface area contributed by atoms with Gasteiger partial charge in [0.1, 0.15) is 12.4 Å². The van der Waals surface area contributed by atoms with E-state index in [-0.39, 0.29) is 0 Å². The normalized spacial score (nSPS) is 12.4. The van der Waals surface area contributed by atoms with Gasteiger partial charge in [-0.25, -0.2) is 4.79 Å². The van der Waals surface area contributed by atoms with E-state index in [0.717, 1.165) is 35.3 Å². The summed E-state index contributed by atoms with van der Waals surface area (Å²) < 4.78 is 11.4. The lowest BCUT2D eigenvalue weighted by Gasteiger charge is -2.14. The van der Waals surface area contributed by atoms with Crippen LogP contribution in [0.15, 0.2) is 84.9 Å². The first-order valence-electron chi connectivity index (χ1n) is 11.5. The molecule has 0 heterocycles. The van der Waals surface area contributed by atoms with Crippen molar-refractivity contribution in [3.63, 3.8) is 0 Å². The van der Waals surface area contributed by atoms with Crippen LogP contribution in [0, 0.1) is 0 Å². The molecule has 3 aromatic rings. The number of unbranched alkanes of at least 4 members (excludes halogenated alkanes) is 1. The fourth-order valence-corrected chi connectivity index (χ4v) is 3.46. The monoisotopic (exact) mass is 444 g/mol. The minimum atomic E-state index is -0.927. The van der Waals surface area contributed by atoms with Crippen LogP contribution in [-0.2, 0) is 16.0 Å². The van der Waals surface area contributed by atoms with Crippen LogP contribution in [-0.4, -0.2) is 30.4 Å². The van der Waals surface area contributed by atoms with Crippen molar-refractivity contribution in [2.24, 2.45) is 0 Å². The maximum Gasteiger partial charge on any atom is 0.333 e. The van der Waals surface area contributed by atoms with Crippen LogP contribution in [0.2, 0.25) is 0 Å². The number of hydrogen-bond donors (Lipinski definition) is 1. The Labute approximate surface area is 196 Å². The molecular formula is C29H32O4. The van der Waals surface area contributed by atoms with Gasteiger partial charge >= 0.3 is 5.97 Å². The number of carboxylic acid groups (broad SMARTS) is 1. The predicted octanol–water partition coefficient (Wildman–Crippen LogP) is 6.65. The Morgan fingerprint density at radius 1 is 0.939 bits per heavy atom. The number of rotatable bonds is 12. The molecule has 0 saturated carbocycles. The maximum atomic E-state index is 11.4. The lowest BCUT2D eigenvalue weighted by Crippen LogP contribution is -2.26. The van der Waals surface area contributed by atoms with Crippen LogP contribution in [0.1, 0.15) is 37.8 Å². The topological polar surface area (TPSA) is 55.8 Å². The Morgan fingerprint density at radius 2 is 1.61 bits per heavy atom. The number of aliphatic carboxylic acids is 1. The third kappa shape index (κ3) is 7.62. The minimum Gasteiger partial charge on any atom is -0.490 e. The van der Waals surface area contributed by atoms with Crippen molar-refractivity contribution in [3.05, 3.63) is 96.1 Å². The summed E-state index contributed by atoms with van der Waals surface area (Å²) in [5, 5.41) is 9.37. The molecule has 0 spiro atoms. The van der Waals surface area contributed by atoms with Crippen LogP contribution in [0.5, 0.6) is 5.75 Å². The lowest BCUT2D eigenvalue weighted by atomic mass is 10.0. The van der Waals surface area contributed by atoms with Crippen molar-refractivity contribution in [3.8, 4) is 16.9 Å². The molecule has 1 atom stereocenters. The Kier molecular flexibility index (Phi) is 9.28. The first-order chi connectivity index (χ1) is 16.1. The summed E-state index contributed by atoms with van der Waals surface area (Å²) in [5.41, 5.74) is 5.64. The van der Waals surface area contributed by atoms with E-state index in [4.69, 9.17) is 9.47 Å². The number of hydrogen-bond acceptors (Lipinski definition) is 3. The molecule has 0 aromatic heterocycles. The van der Waals surface area contributed by atoms with E-state index in [1.165, 1.54) is 11.1 Å². The molecule has 172 valence electrons. The molecule has 33 heavy (non-hydrogen) atoms. The van der Waals surface area contributed by atoms with Crippen LogP contribution >= 0.6 is 0 Å². The molecule has 0 unspecified atom stereocenters. The van der Waals surface area contributed by atoms with E-state index in [1.807, 2.05) is 42.5 Å². The zero-order chi connectivity index (χ0) is 23.5. The third-order valence-corrected chi connectivity index (χ3v) is 5.52. The summed E-state index contributed by atoms with van der Waals surface area (Å²) in [6, 6.07) is 26.4. The quantitative estimate of drug-likeness (QED) is 0.318. The second-order valence-electron chi connectivity index (χ2n) is 8.04. The molecule has 1 N–H and O–H groups in total. The van der Waals surface area contributed by atoms with Crippen molar-refractivity contribution in [2.45, 2.75) is 39.2 Å². The molecular weight excluding hydrogens is 412 g/mol. The number of carbonyl (C=O) groups is 1. The molecule has 0 aliphatic rings. The van der Waals surface area contributed by atoms with E-state index in [0.29, 0.717) is 19.6 Å². The van der Waals surface area contributed by atoms with Gasteiger partial charge in [-0.3, -0.25) is 0 Å². The molecule has 0 saturated heterocycles. The highest BCUT2D eigenvalue weighted by Gasteiger charge is 2.18.